The average molecular weight is 396 g/mol. The highest BCUT2D eigenvalue weighted by atomic mass is 16.6. The van der Waals surface area contributed by atoms with Crippen LogP contribution in [-0.2, 0) is 0 Å². The molecule has 0 spiro atoms. The van der Waals surface area contributed by atoms with E-state index in [4.69, 9.17) is 0 Å². The molecule has 0 saturated carbocycles. The maximum atomic E-state index is 11.4. The molecule has 7 nitrogen and oxygen atoms in total. The van der Waals surface area contributed by atoms with E-state index >= 15 is 0 Å². The van der Waals surface area contributed by atoms with Crippen LogP contribution in [0.25, 0.3) is 10.8 Å². The zero-order chi connectivity index (χ0) is 20.9. The fraction of sp³-hybridized carbons (Fsp3) is 0. The minimum atomic E-state index is -0.661. The van der Waals surface area contributed by atoms with Crippen LogP contribution < -0.4 is 0 Å². The van der Waals surface area contributed by atoms with Crippen LogP contribution in [-0.4, -0.2) is 16.2 Å². The topological polar surface area (TPSA) is 100 Å². The van der Waals surface area contributed by atoms with Gasteiger partial charge in [-0.2, -0.15) is 10.2 Å². The van der Waals surface area contributed by atoms with E-state index in [1.807, 2.05) is 60.7 Å². The number of phenolic OH excluding ortho intramolecular Hbond substituents is 1. The number of benzene rings is 4. The van der Waals surface area contributed by atoms with E-state index in [1.165, 1.54) is 18.3 Å². The Morgan fingerprint density at radius 2 is 1.53 bits per heavy atom. The number of nitrogens with zero attached hydrogens (tertiary/aromatic N) is 4. The molecule has 0 heterocycles. The Morgan fingerprint density at radius 1 is 0.833 bits per heavy atom. The molecule has 0 atom stereocenters. The van der Waals surface area contributed by atoms with E-state index in [2.05, 4.69) is 15.2 Å². The molecule has 4 aromatic carbocycles. The molecular weight excluding hydrogens is 380 g/mol. The van der Waals surface area contributed by atoms with Crippen molar-refractivity contribution in [2.24, 2.45) is 15.2 Å². The second kappa shape index (κ2) is 8.32. The van der Waals surface area contributed by atoms with Crippen molar-refractivity contribution in [3.8, 4) is 5.75 Å². The monoisotopic (exact) mass is 396 g/mol. The van der Waals surface area contributed by atoms with E-state index in [0.717, 1.165) is 10.8 Å². The molecule has 1 N–H and O–H groups in total. The minimum absolute atomic E-state index is 0.180. The van der Waals surface area contributed by atoms with Crippen molar-refractivity contribution in [2.75, 3.05) is 0 Å². The maximum absolute atomic E-state index is 11.4. The quantitative estimate of drug-likeness (QED) is 0.177. The van der Waals surface area contributed by atoms with Crippen molar-refractivity contribution in [3.63, 3.8) is 0 Å². The van der Waals surface area contributed by atoms with E-state index in [9.17, 15) is 15.2 Å². The fourth-order valence-corrected chi connectivity index (χ4v) is 2.99. The van der Waals surface area contributed by atoms with Crippen LogP contribution in [0.1, 0.15) is 5.56 Å². The third-order valence-electron chi connectivity index (χ3n) is 4.45. The Bertz CT molecular complexity index is 1280. The highest BCUT2D eigenvalue weighted by molar-refractivity contribution is 5.96. The SMILES string of the molecule is O=[N+]([O-])c1cc(N=Nc2ccccc2)cc(C=Nc2cccc3ccccc23)c1O. The number of aromatic hydroxyl groups is 1. The zero-order valence-corrected chi connectivity index (χ0v) is 15.7. The summed E-state index contributed by atoms with van der Waals surface area (Å²) in [7, 11) is 0. The van der Waals surface area contributed by atoms with E-state index in [0.29, 0.717) is 11.4 Å². The van der Waals surface area contributed by atoms with Crippen LogP contribution in [0.4, 0.5) is 22.7 Å². The minimum Gasteiger partial charge on any atom is -0.502 e. The smallest absolute Gasteiger partial charge is 0.313 e. The van der Waals surface area contributed by atoms with Crippen molar-refractivity contribution in [3.05, 3.63) is 101 Å². The number of hydrogen-bond donors (Lipinski definition) is 1. The van der Waals surface area contributed by atoms with Gasteiger partial charge in [0.25, 0.3) is 0 Å². The van der Waals surface area contributed by atoms with Crippen LogP contribution in [0.3, 0.4) is 0 Å². The zero-order valence-electron chi connectivity index (χ0n) is 15.7. The number of aliphatic imine (C=N–C) groups is 1. The van der Waals surface area contributed by atoms with E-state index < -0.39 is 16.4 Å². The Balaban J connectivity index is 1.75. The highest BCUT2D eigenvalue weighted by Crippen LogP contribution is 2.35. The molecule has 0 aliphatic rings. The van der Waals surface area contributed by atoms with Gasteiger partial charge >= 0.3 is 5.69 Å². The third-order valence-corrected chi connectivity index (χ3v) is 4.45. The first kappa shape index (κ1) is 18.9. The third kappa shape index (κ3) is 4.05. The van der Waals surface area contributed by atoms with Gasteiger partial charge in [0.2, 0.25) is 5.75 Å². The summed E-state index contributed by atoms with van der Waals surface area (Å²) in [5.74, 6) is -0.470. The fourth-order valence-electron chi connectivity index (χ4n) is 2.99. The number of azo groups is 1. The van der Waals surface area contributed by atoms with Gasteiger partial charge in [0.1, 0.15) is 0 Å². The summed E-state index contributed by atoms with van der Waals surface area (Å²) in [6.07, 6.45) is 1.39. The van der Waals surface area contributed by atoms with Gasteiger partial charge in [-0.15, -0.1) is 0 Å². The van der Waals surface area contributed by atoms with Crippen LogP contribution in [0.15, 0.2) is 100 Å². The summed E-state index contributed by atoms with van der Waals surface area (Å²) in [4.78, 5) is 15.2. The van der Waals surface area contributed by atoms with Crippen molar-refractivity contribution < 1.29 is 10.0 Å². The molecule has 0 aliphatic carbocycles. The standard InChI is InChI=1S/C23H16N4O3/c28-23-17(15-24-21-12-6-8-16-7-4-5-11-20(16)21)13-19(14-22(23)27(29)30)26-25-18-9-2-1-3-10-18/h1-15,28H. The average Bonchev–Trinajstić information content (AvgIpc) is 2.78. The first-order chi connectivity index (χ1) is 14.6. The number of phenols is 1. The second-order valence-corrected chi connectivity index (χ2v) is 6.45. The molecule has 0 fully saturated rings. The molecule has 146 valence electrons. The summed E-state index contributed by atoms with van der Waals surface area (Å²) in [6.45, 7) is 0. The number of nitro groups is 1. The number of hydrogen-bond acceptors (Lipinski definition) is 6. The van der Waals surface area contributed by atoms with Crippen molar-refractivity contribution >= 4 is 39.7 Å². The van der Waals surface area contributed by atoms with Gasteiger partial charge in [-0.05, 0) is 29.7 Å². The molecule has 0 aliphatic heterocycles. The number of fused-ring (bicyclic) bond motifs is 1. The van der Waals surface area contributed by atoms with E-state index in [-0.39, 0.29) is 11.3 Å². The Kier molecular flexibility index (Phi) is 5.25. The summed E-state index contributed by atoms with van der Waals surface area (Å²) < 4.78 is 0. The molecule has 0 bridgehead atoms. The Hall–Kier alpha value is -4.39. The van der Waals surface area contributed by atoms with Gasteiger partial charge in [0.05, 0.1) is 22.0 Å². The second-order valence-electron chi connectivity index (χ2n) is 6.45. The lowest BCUT2D eigenvalue weighted by Crippen LogP contribution is -1.92. The largest absolute Gasteiger partial charge is 0.502 e. The number of rotatable bonds is 5. The van der Waals surface area contributed by atoms with Crippen LogP contribution in [0.5, 0.6) is 5.75 Å². The van der Waals surface area contributed by atoms with Crippen LogP contribution in [0.2, 0.25) is 0 Å². The number of nitro benzene ring substituents is 1. The molecule has 0 unspecified atom stereocenters. The molecule has 7 heteroatoms. The molecular formula is C23H16N4O3. The predicted octanol–water partition coefficient (Wildman–Crippen LogP) is 6.62. The van der Waals surface area contributed by atoms with Gasteiger partial charge in [0, 0.05) is 23.2 Å². The summed E-state index contributed by atoms with van der Waals surface area (Å²) in [5.41, 5.74) is 1.26. The van der Waals surface area contributed by atoms with Crippen molar-refractivity contribution in [1.82, 2.24) is 0 Å². The summed E-state index contributed by atoms with van der Waals surface area (Å²) in [5, 5.41) is 31.8. The van der Waals surface area contributed by atoms with Gasteiger partial charge in [0.15, 0.2) is 0 Å². The first-order valence-electron chi connectivity index (χ1n) is 9.12. The van der Waals surface area contributed by atoms with Gasteiger partial charge < -0.3 is 5.11 Å². The molecule has 0 saturated heterocycles. The van der Waals surface area contributed by atoms with Gasteiger partial charge in [-0.3, -0.25) is 15.1 Å². The van der Waals surface area contributed by atoms with Gasteiger partial charge in [-0.1, -0.05) is 54.6 Å². The molecule has 0 radical (unpaired) electrons. The van der Waals surface area contributed by atoms with Crippen LogP contribution >= 0.6 is 0 Å². The highest BCUT2D eigenvalue weighted by Gasteiger charge is 2.18. The lowest BCUT2D eigenvalue weighted by atomic mass is 10.1. The molecule has 30 heavy (non-hydrogen) atoms. The normalized spacial score (nSPS) is 11.5. The lowest BCUT2D eigenvalue weighted by molar-refractivity contribution is -0.385. The van der Waals surface area contributed by atoms with Crippen molar-refractivity contribution in [2.45, 2.75) is 0 Å². The molecule has 4 rings (SSSR count). The molecule has 0 aromatic heterocycles. The molecule has 4 aromatic rings. The summed E-state index contributed by atoms with van der Waals surface area (Å²) >= 11 is 0. The molecule has 0 amide bonds. The predicted molar refractivity (Wildman–Crippen MR) is 117 cm³/mol. The first-order valence-corrected chi connectivity index (χ1v) is 9.12. The Morgan fingerprint density at radius 3 is 2.33 bits per heavy atom. The van der Waals surface area contributed by atoms with Gasteiger partial charge in [-0.25, -0.2) is 0 Å². The van der Waals surface area contributed by atoms with E-state index in [1.54, 1.807) is 12.1 Å². The van der Waals surface area contributed by atoms with Crippen LogP contribution in [0, 0.1) is 10.1 Å². The maximum Gasteiger partial charge on any atom is 0.313 e. The lowest BCUT2D eigenvalue weighted by Gasteiger charge is -2.04. The van der Waals surface area contributed by atoms with Crippen molar-refractivity contribution in [1.29, 1.82) is 0 Å². The Labute approximate surface area is 171 Å². The summed E-state index contributed by atoms with van der Waals surface area (Å²) in [6, 6.07) is 25.1.